The van der Waals surface area contributed by atoms with Crippen molar-refractivity contribution in [3.8, 4) is 0 Å². The number of nitrogens with one attached hydrogen (secondary N) is 2. The van der Waals surface area contributed by atoms with Crippen LogP contribution in [0, 0.1) is 5.92 Å². The molecule has 4 atom stereocenters. The highest BCUT2D eigenvalue weighted by molar-refractivity contribution is 5.97. The Morgan fingerprint density at radius 2 is 2.07 bits per heavy atom. The van der Waals surface area contributed by atoms with E-state index in [9.17, 15) is 9.90 Å². The standard InChI is InChI=1S/C21H28N6O2/c1-12-4-5-15(10-18(12)28)25-20-16(19(22)29)11-24-21(27-20)26-14-6-7-17-13(9-14)3-2-8-23-17/h2-3,8,11-12,14-15,18,28H,4-7,9-10H2,1H3,(H2,22,29)(H2,24,25,26,27)/t12-,14?,15-,18-/m1/s1. The van der Waals surface area contributed by atoms with Crippen LogP contribution >= 0.6 is 0 Å². The van der Waals surface area contributed by atoms with Gasteiger partial charge in [-0.05, 0) is 56.1 Å². The van der Waals surface area contributed by atoms with Gasteiger partial charge < -0.3 is 21.5 Å². The number of carbonyl (C=O) groups excluding carboxylic acids is 1. The summed E-state index contributed by atoms with van der Waals surface area (Å²) >= 11 is 0. The second-order valence-corrected chi connectivity index (χ2v) is 8.21. The van der Waals surface area contributed by atoms with Crippen molar-refractivity contribution in [2.24, 2.45) is 11.7 Å². The number of primary amides is 1. The van der Waals surface area contributed by atoms with E-state index in [0.29, 0.717) is 18.2 Å². The maximum Gasteiger partial charge on any atom is 0.254 e. The molecule has 1 unspecified atom stereocenters. The predicted octanol–water partition coefficient (Wildman–Crippen LogP) is 1.90. The van der Waals surface area contributed by atoms with E-state index in [-0.39, 0.29) is 29.7 Å². The first-order chi connectivity index (χ1) is 14.0. The van der Waals surface area contributed by atoms with Crippen LogP contribution in [-0.4, -0.2) is 44.2 Å². The molecule has 8 nitrogen and oxygen atoms in total. The number of nitrogens with two attached hydrogens (primary N) is 1. The lowest BCUT2D eigenvalue weighted by Gasteiger charge is -2.32. The molecule has 29 heavy (non-hydrogen) atoms. The van der Waals surface area contributed by atoms with E-state index in [0.717, 1.165) is 37.8 Å². The normalized spacial score (nSPS) is 26.4. The van der Waals surface area contributed by atoms with Gasteiger partial charge in [-0.2, -0.15) is 4.98 Å². The number of pyridine rings is 1. The fourth-order valence-corrected chi connectivity index (χ4v) is 4.23. The number of fused-ring (bicyclic) bond motifs is 1. The van der Waals surface area contributed by atoms with Gasteiger partial charge in [-0.3, -0.25) is 9.78 Å². The molecule has 0 bridgehead atoms. The van der Waals surface area contributed by atoms with Crippen LogP contribution in [0.25, 0.3) is 0 Å². The van der Waals surface area contributed by atoms with E-state index >= 15 is 0 Å². The third kappa shape index (κ3) is 4.48. The van der Waals surface area contributed by atoms with E-state index in [1.165, 1.54) is 11.8 Å². The summed E-state index contributed by atoms with van der Waals surface area (Å²) in [6.45, 7) is 2.06. The number of amides is 1. The smallest absolute Gasteiger partial charge is 0.254 e. The minimum absolute atomic E-state index is 0.0506. The molecule has 8 heteroatoms. The zero-order valence-electron chi connectivity index (χ0n) is 16.6. The van der Waals surface area contributed by atoms with Gasteiger partial charge in [0.15, 0.2) is 0 Å². The lowest BCUT2D eigenvalue weighted by Crippen LogP contribution is -2.36. The summed E-state index contributed by atoms with van der Waals surface area (Å²) in [4.78, 5) is 25.1. The van der Waals surface area contributed by atoms with E-state index in [1.807, 2.05) is 12.3 Å². The number of carbonyl (C=O) groups is 1. The van der Waals surface area contributed by atoms with Crippen molar-refractivity contribution in [3.63, 3.8) is 0 Å². The number of nitrogens with zero attached hydrogens (tertiary/aromatic N) is 3. The quantitative estimate of drug-likeness (QED) is 0.608. The summed E-state index contributed by atoms with van der Waals surface area (Å²) in [6.07, 6.45) is 8.13. The number of anilines is 2. The molecule has 1 amide bonds. The summed E-state index contributed by atoms with van der Waals surface area (Å²) in [6, 6.07) is 4.32. The second kappa shape index (κ2) is 8.32. The molecule has 154 valence electrons. The van der Waals surface area contributed by atoms with E-state index in [2.05, 4.69) is 38.6 Å². The number of aliphatic hydroxyl groups is 1. The van der Waals surface area contributed by atoms with Crippen LogP contribution in [0.5, 0.6) is 0 Å². The minimum Gasteiger partial charge on any atom is -0.393 e. The Balaban J connectivity index is 1.49. The van der Waals surface area contributed by atoms with Crippen LogP contribution in [0.15, 0.2) is 24.5 Å². The van der Waals surface area contributed by atoms with Crippen LogP contribution in [0.3, 0.4) is 0 Å². The van der Waals surface area contributed by atoms with Crippen molar-refractivity contribution >= 4 is 17.7 Å². The summed E-state index contributed by atoms with van der Waals surface area (Å²) in [5.74, 6) is 0.621. The molecule has 1 saturated carbocycles. The first-order valence-electron chi connectivity index (χ1n) is 10.3. The average Bonchev–Trinajstić information content (AvgIpc) is 2.71. The molecule has 1 fully saturated rings. The lowest BCUT2D eigenvalue weighted by atomic mass is 9.85. The largest absolute Gasteiger partial charge is 0.393 e. The number of aliphatic hydroxyl groups excluding tert-OH is 1. The van der Waals surface area contributed by atoms with E-state index < -0.39 is 5.91 Å². The Morgan fingerprint density at radius 1 is 1.21 bits per heavy atom. The van der Waals surface area contributed by atoms with Gasteiger partial charge in [-0.1, -0.05) is 13.0 Å². The highest BCUT2D eigenvalue weighted by Crippen LogP contribution is 2.28. The summed E-state index contributed by atoms with van der Waals surface area (Å²) in [7, 11) is 0. The number of hydrogen-bond acceptors (Lipinski definition) is 7. The highest BCUT2D eigenvalue weighted by Gasteiger charge is 2.27. The molecule has 2 heterocycles. The molecule has 4 rings (SSSR count). The number of aromatic nitrogens is 3. The molecule has 2 aliphatic carbocycles. The van der Waals surface area contributed by atoms with E-state index in [4.69, 9.17) is 5.73 Å². The first kappa shape index (κ1) is 19.6. The molecule has 2 aromatic heterocycles. The number of aryl methyl sites for hydroxylation is 1. The zero-order chi connectivity index (χ0) is 20.4. The lowest BCUT2D eigenvalue weighted by molar-refractivity contribution is 0.0739. The summed E-state index contributed by atoms with van der Waals surface area (Å²) in [5, 5.41) is 16.9. The van der Waals surface area contributed by atoms with Crippen molar-refractivity contribution in [1.82, 2.24) is 15.0 Å². The van der Waals surface area contributed by atoms with Gasteiger partial charge in [-0.25, -0.2) is 4.98 Å². The number of rotatable bonds is 5. The molecule has 0 aromatic carbocycles. The molecule has 2 aromatic rings. The van der Waals surface area contributed by atoms with Crippen LogP contribution in [0.1, 0.15) is 54.2 Å². The monoisotopic (exact) mass is 396 g/mol. The minimum atomic E-state index is -0.568. The number of hydrogen-bond donors (Lipinski definition) is 4. The molecule has 0 saturated heterocycles. The Labute approximate surface area is 170 Å². The second-order valence-electron chi connectivity index (χ2n) is 8.21. The predicted molar refractivity (Wildman–Crippen MR) is 111 cm³/mol. The summed E-state index contributed by atoms with van der Waals surface area (Å²) in [5.41, 5.74) is 8.19. The van der Waals surface area contributed by atoms with Gasteiger partial charge in [0.1, 0.15) is 5.82 Å². The fourth-order valence-electron chi connectivity index (χ4n) is 4.23. The van der Waals surface area contributed by atoms with Crippen molar-refractivity contribution in [3.05, 3.63) is 41.3 Å². The van der Waals surface area contributed by atoms with Crippen molar-refractivity contribution in [2.75, 3.05) is 10.6 Å². The van der Waals surface area contributed by atoms with Crippen LogP contribution < -0.4 is 16.4 Å². The molecule has 0 aliphatic heterocycles. The summed E-state index contributed by atoms with van der Waals surface area (Å²) < 4.78 is 0. The third-order valence-corrected chi connectivity index (χ3v) is 6.06. The maximum atomic E-state index is 11.8. The topological polar surface area (TPSA) is 126 Å². The van der Waals surface area contributed by atoms with Crippen LogP contribution in [0.2, 0.25) is 0 Å². The maximum absolute atomic E-state index is 11.8. The van der Waals surface area contributed by atoms with Gasteiger partial charge >= 0.3 is 0 Å². The average molecular weight is 396 g/mol. The molecular weight excluding hydrogens is 368 g/mol. The molecule has 0 spiro atoms. The molecule has 5 N–H and O–H groups in total. The SMILES string of the molecule is C[C@@H]1CC[C@@H](Nc2nc(NC3CCc4ncccc4C3)ncc2C(N)=O)C[C@H]1O. The first-order valence-corrected chi connectivity index (χ1v) is 10.3. The van der Waals surface area contributed by atoms with Crippen molar-refractivity contribution in [1.29, 1.82) is 0 Å². The third-order valence-electron chi connectivity index (χ3n) is 6.06. The Kier molecular flexibility index (Phi) is 5.62. The van der Waals surface area contributed by atoms with E-state index in [1.54, 1.807) is 0 Å². The fraction of sp³-hybridized carbons (Fsp3) is 0.524. The Morgan fingerprint density at radius 3 is 2.86 bits per heavy atom. The van der Waals surface area contributed by atoms with Crippen molar-refractivity contribution < 1.29 is 9.90 Å². The highest BCUT2D eigenvalue weighted by atomic mass is 16.3. The van der Waals surface area contributed by atoms with Crippen LogP contribution in [-0.2, 0) is 12.8 Å². The van der Waals surface area contributed by atoms with Gasteiger partial charge in [-0.15, -0.1) is 0 Å². The molecule has 2 aliphatic rings. The van der Waals surface area contributed by atoms with Gasteiger partial charge in [0.2, 0.25) is 5.95 Å². The Hall–Kier alpha value is -2.74. The van der Waals surface area contributed by atoms with Crippen molar-refractivity contribution in [2.45, 2.75) is 63.6 Å². The molecular formula is C21H28N6O2. The van der Waals surface area contributed by atoms with Gasteiger partial charge in [0.25, 0.3) is 5.91 Å². The van der Waals surface area contributed by atoms with Crippen LogP contribution in [0.4, 0.5) is 11.8 Å². The zero-order valence-corrected chi connectivity index (χ0v) is 16.6. The Bertz CT molecular complexity index is 889. The van der Waals surface area contributed by atoms with Gasteiger partial charge in [0, 0.05) is 30.2 Å². The van der Waals surface area contributed by atoms with Gasteiger partial charge in [0.05, 0.1) is 11.7 Å². The molecule has 0 radical (unpaired) electrons.